The quantitative estimate of drug-likeness (QED) is 0.639. The van der Waals surface area contributed by atoms with Crippen molar-refractivity contribution in [1.82, 2.24) is 14.9 Å². The minimum absolute atomic E-state index is 0.132. The third kappa shape index (κ3) is 4.13. The number of amides is 1. The lowest BCUT2D eigenvalue weighted by molar-refractivity contribution is 0.0741. The Morgan fingerprint density at radius 2 is 1.79 bits per heavy atom. The Balaban J connectivity index is 1.43. The maximum Gasteiger partial charge on any atom is 0.270 e. The number of carbonyl (C=O) groups is 2. The number of hydrogen-bond acceptors (Lipinski definition) is 4. The number of rotatable bonds is 4. The van der Waals surface area contributed by atoms with Gasteiger partial charge in [0.15, 0.2) is 5.78 Å². The smallest absolute Gasteiger partial charge is 0.270 e. The van der Waals surface area contributed by atoms with Gasteiger partial charge in [0, 0.05) is 54.7 Å². The zero-order chi connectivity index (χ0) is 20.4. The van der Waals surface area contributed by atoms with E-state index in [1.54, 1.807) is 29.3 Å². The van der Waals surface area contributed by atoms with Gasteiger partial charge in [-0.3, -0.25) is 9.59 Å². The molecule has 8 heteroatoms. The van der Waals surface area contributed by atoms with Gasteiger partial charge >= 0.3 is 0 Å². The second-order valence-electron chi connectivity index (χ2n) is 6.72. The fourth-order valence-corrected chi connectivity index (χ4v) is 3.82. The molecule has 1 amide bonds. The van der Waals surface area contributed by atoms with Crippen LogP contribution in [0.3, 0.4) is 0 Å². The predicted octanol–water partition coefficient (Wildman–Crippen LogP) is 3.91. The van der Waals surface area contributed by atoms with Crippen LogP contribution in [-0.4, -0.2) is 52.7 Å². The number of H-pyrrole nitrogens is 1. The zero-order valence-corrected chi connectivity index (χ0v) is 17.0. The van der Waals surface area contributed by atoms with Crippen molar-refractivity contribution in [3.8, 4) is 0 Å². The molecule has 1 aliphatic rings. The van der Waals surface area contributed by atoms with E-state index in [2.05, 4.69) is 14.9 Å². The van der Waals surface area contributed by atoms with E-state index in [9.17, 15) is 9.59 Å². The normalized spacial score (nSPS) is 14.1. The summed E-state index contributed by atoms with van der Waals surface area (Å²) in [5, 5.41) is 0.739. The monoisotopic (exact) mass is 428 g/mol. The SMILES string of the molecule is O=C(c1c[nH]c(C(=O)N2CCN(c3ccccn3)CC2)c1)c1ccc(Cl)cc1Cl. The average molecular weight is 429 g/mol. The first-order valence-corrected chi connectivity index (χ1v) is 9.92. The van der Waals surface area contributed by atoms with E-state index in [1.165, 1.54) is 12.3 Å². The van der Waals surface area contributed by atoms with E-state index in [0.717, 1.165) is 5.82 Å². The molecule has 1 aromatic carbocycles. The standard InChI is InChI=1S/C21H18Cl2N4O2/c22-15-4-5-16(17(23)12-15)20(28)14-11-18(25-13-14)21(29)27-9-7-26(8-10-27)19-3-1-2-6-24-19/h1-6,11-13,25H,7-10H2. The number of piperazine rings is 1. The molecule has 0 saturated carbocycles. The lowest BCUT2D eigenvalue weighted by Crippen LogP contribution is -2.49. The summed E-state index contributed by atoms with van der Waals surface area (Å²) < 4.78 is 0. The fraction of sp³-hybridized carbons (Fsp3) is 0.190. The molecule has 148 valence electrons. The maximum absolute atomic E-state index is 12.8. The van der Waals surface area contributed by atoms with Gasteiger partial charge in [0.1, 0.15) is 11.5 Å². The number of nitrogens with zero attached hydrogens (tertiary/aromatic N) is 3. The van der Waals surface area contributed by atoms with E-state index < -0.39 is 0 Å². The molecule has 1 aliphatic heterocycles. The van der Waals surface area contributed by atoms with Crippen molar-refractivity contribution in [3.05, 3.63) is 81.7 Å². The van der Waals surface area contributed by atoms with Crippen LogP contribution in [0.5, 0.6) is 0 Å². The van der Waals surface area contributed by atoms with Gasteiger partial charge in [0.25, 0.3) is 5.91 Å². The Hall–Kier alpha value is -2.83. The summed E-state index contributed by atoms with van der Waals surface area (Å²) >= 11 is 12.0. The Morgan fingerprint density at radius 3 is 2.48 bits per heavy atom. The van der Waals surface area contributed by atoms with Gasteiger partial charge in [-0.15, -0.1) is 0 Å². The fourth-order valence-electron chi connectivity index (χ4n) is 3.33. The van der Waals surface area contributed by atoms with E-state index in [0.29, 0.717) is 48.0 Å². The number of benzene rings is 1. The minimum atomic E-state index is -0.262. The van der Waals surface area contributed by atoms with Crippen molar-refractivity contribution < 1.29 is 9.59 Å². The van der Waals surface area contributed by atoms with Crippen LogP contribution in [0.15, 0.2) is 54.9 Å². The number of halogens is 2. The second kappa shape index (κ2) is 8.27. The Labute approximate surface area is 178 Å². The summed E-state index contributed by atoms with van der Waals surface area (Å²) in [7, 11) is 0. The van der Waals surface area contributed by atoms with Crippen molar-refractivity contribution in [2.75, 3.05) is 31.1 Å². The second-order valence-corrected chi connectivity index (χ2v) is 7.57. The van der Waals surface area contributed by atoms with Gasteiger partial charge in [0.05, 0.1) is 5.02 Å². The summed E-state index contributed by atoms with van der Waals surface area (Å²) in [6.45, 7) is 2.58. The molecular weight excluding hydrogens is 411 g/mol. The number of aromatic amines is 1. The molecule has 0 radical (unpaired) electrons. The number of pyridine rings is 1. The molecule has 0 aliphatic carbocycles. The molecule has 0 unspecified atom stereocenters. The lowest BCUT2D eigenvalue weighted by atomic mass is 10.1. The van der Waals surface area contributed by atoms with Crippen LogP contribution in [-0.2, 0) is 0 Å². The van der Waals surface area contributed by atoms with E-state index >= 15 is 0 Å². The van der Waals surface area contributed by atoms with Crippen LogP contribution in [0, 0.1) is 0 Å². The molecule has 1 N–H and O–H groups in total. The van der Waals surface area contributed by atoms with Crippen LogP contribution in [0.1, 0.15) is 26.4 Å². The summed E-state index contributed by atoms with van der Waals surface area (Å²) in [6, 6.07) is 12.1. The molecule has 3 heterocycles. The molecule has 2 aromatic heterocycles. The van der Waals surface area contributed by atoms with Crippen molar-refractivity contribution in [2.45, 2.75) is 0 Å². The average Bonchev–Trinajstić information content (AvgIpc) is 3.24. The highest BCUT2D eigenvalue weighted by atomic mass is 35.5. The van der Waals surface area contributed by atoms with Crippen LogP contribution < -0.4 is 4.90 Å². The zero-order valence-electron chi connectivity index (χ0n) is 15.4. The van der Waals surface area contributed by atoms with Gasteiger partial charge in [-0.1, -0.05) is 29.3 Å². The largest absolute Gasteiger partial charge is 0.356 e. The first-order chi connectivity index (χ1) is 14.0. The van der Waals surface area contributed by atoms with E-state index in [1.807, 2.05) is 18.2 Å². The van der Waals surface area contributed by atoms with Crippen molar-refractivity contribution >= 4 is 40.7 Å². The van der Waals surface area contributed by atoms with Crippen molar-refractivity contribution in [2.24, 2.45) is 0 Å². The van der Waals surface area contributed by atoms with Crippen LogP contribution in [0.2, 0.25) is 10.0 Å². The van der Waals surface area contributed by atoms with Gasteiger partial charge in [-0.25, -0.2) is 4.98 Å². The molecule has 0 bridgehead atoms. The Morgan fingerprint density at radius 1 is 1.00 bits per heavy atom. The number of hydrogen-bond donors (Lipinski definition) is 1. The van der Waals surface area contributed by atoms with Crippen LogP contribution in [0.25, 0.3) is 0 Å². The minimum Gasteiger partial charge on any atom is -0.356 e. The summed E-state index contributed by atoms with van der Waals surface area (Å²) in [5.74, 6) is 0.515. The van der Waals surface area contributed by atoms with Crippen LogP contribution in [0.4, 0.5) is 5.82 Å². The number of anilines is 1. The molecule has 29 heavy (non-hydrogen) atoms. The number of aromatic nitrogens is 2. The molecular formula is C21H18Cl2N4O2. The summed E-state index contributed by atoms with van der Waals surface area (Å²) in [5.41, 5.74) is 1.10. The number of carbonyl (C=O) groups excluding carboxylic acids is 2. The maximum atomic E-state index is 12.8. The Bertz CT molecular complexity index is 1040. The van der Waals surface area contributed by atoms with Gasteiger partial charge < -0.3 is 14.8 Å². The van der Waals surface area contributed by atoms with E-state index in [4.69, 9.17) is 23.2 Å². The van der Waals surface area contributed by atoms with Crippen molar-refractivity contribution in [3.63, 3.8) is 0 Å². The van der Waals surface area contributed by atoms with Gasteiger partial charge in [-0.2, -0.15) is 0 Å². The van der Waals surface area contributed by atoms with Crippen LogP contribution >= 0.6 is 23.2 Å². The molecule has 1 fully saturated rings. The van der Waals surface area contributed by atoms with Gasteiger partial charge in [0.2, 0.25) is 0 Å². The van der Waals surface area contributed by atoms with Gasteiger partial charge in [-0.05, 0) is 36.4 Å². The summed E-state index contributed by atoms with van der Waals surface area (Å²) in [4.78, 5) is 36.7. The first-order valence-electron chi connectivity index (χ1n) is 9.16. The number of ketones is 1. The molecule has 3 aromatic rings. The first kappa shape index (κ1) is 19.5. The molecule has 0 atom stereocenters. The highest BCUT2D eigenvalue weighted by molar-refractivity contribution is 6.37. The highest BCUT2D eigenvalue weighted by Gasteiger charge is 2.25. The third-order valence-electron chi connectivity index (χ3n) is 4.89. The third-order valence-corrected chi connectivity index (χ3v) is 5.44. The predicted molar refractivity (Wildman–Crippen MR) is 113 cm³/mol. The molecule has 6 nitrogen and oxygen atoms in total. The molecule has 1 saturated heterocycles. The molecule has 0 spiro atoms. The lowest BCUT2D eigenvalue weighted by Gasteiger charge is -2.35. The van der Waals surface area contributed by atoms with E-state index in [-0.39, 0.29) is 16.7 Å². The topological polar surface area (TPSA) is 69.3 Å². The summed E-state index contributed by atoms with van der Waals surface area (Å²) in [6.07, 6.45) is 3.29. The van der Waals surface area contributed by atoms with Crippen molar-refractivity contribution in [1.29, 1.82) is 0 Å². The molecule has 4 rings (SSSR count). The number of nitrogens with one attached hydrogen (secondary N) is 1. The highest BCUT2D eigenvalue weighted by Crippen LogP contribution is 2.24. The Kier molecular flexibility index (Phi) is 5.56.